The van der Waals surface area contributed by atoms with Gasteiger partial charge in [0.25, 0.3) is 0 Å². The second kappa shape index (κ2) is 15.1. The van der Waals surface area contributed by atoms with Crippen molar-refractivity contribution in [1.29, 1.82) is 0 Å². The lowest BCUT2D eigenvalue weighted by molar-refractivity contribution is -0.162. The van der Waals surface area contributed by atoms with Gasteiger partial charge in [-0.25, -0.2) is 9.59 Å². The molecule has 3 aromatic rings. The van der Waals surface area contributed by atoms with Gasteiger partial charge >= 0.3 is 12.1 Å². The fraction of sp³-hybridized carbons (Fsp3) is 0.488. The highest BCUT2D eigenvalue weighted by atomic mass is 35.5. The van der Waals surface area contributed by atoms with Crippen LogP contribution in [0.15, 0.2) is 54.6 Å². The van der Waals surface area contributed by atoms with Crippen molar-refractivity contribution in [1.82, 2.24) is 4.90 Å². The molecule has 0 bridgehead atoms. The molecule has 2 aliphatic heterocycles. The first-order valence-electron chi connectivity index (χ1n) is 17.9. The number of esters is 1. The van der Waals surface area contributed by atoms with E-state index in [0.29, 0.717) is 45.6 Å². The van der Waals surface area contributed by atoms with Crippen LogP contribution >= 0.6 is 23.2 Å². The van der Waals surface area contributed by atoms with Gasteiger partial charge in [-0.05, 0) is 98.4 Å². The van der Waals surface area contributed by atoms with Gasteiger partial charge in [-0.2, -0.15) is 0 Å². The molecule has 0 N–H and O–H groups in total. The van der Waals surface area contributed by atoms with Crippen LogP contribution in [0.2, 0.25) is 10.0 Å². The largest absolute Gasteiger partial charge is 0.489 e. The zero-order valence-electron chi connectivity index (χ0n) is 30.2. The minimum absolute atomic E-state index is 0.0692. The van der Waals surface area contributed by atoms with E-state index in [1.54, 1.807) is 24.3 Å². The number of fused-ring (bicyclic) bond motifs is 2. The van der Waals surface area contributed by atoms with Gasteiger partial charge in [0.05, 0.1) is 16.6 Å². The first-order chi connectivity index (χ1) is 24.1. The molecule has 5 atom stereocenters. The number of carbonyl (C=O) groups is 3. The number of ketones is 1. The molecular formula is C41H47Cl2NO7. The van der Waals surface area contributed by atoms with E-state index in [2.05, 4.69) is 20.8 Å². The Hall–Kier alpha value is -3.75. The van der Waals surface area contributed by atoms with Crippen LogP contribution in [0.4, 0.5) is 4.79 Å². The number of ether oxygens (including phenoxy) is 4. The maximum Gasteiger partial charge on any atom is 0.411 e. The summed E-state index contributed by atoms with van der Waals surface area (Å²) in [4.78, 5) is 42.5. The number of nitrogens with zero attached hydrogens (tertiary/aromatic N) is 1. The molecule has 1 fully saturated rings. The summed E-state index contributed by atoms with van der Waals surface area (Å²) in [5.41, 5.74) is 3.34. The van der Waals surface area contributed by atoms with Crippen LogP contribution in [-0.4, -0.2) is 40.5 Å². The van der Waals surface area contributed by atoms with Crippen LogP contribution in [0.25, 0.3) is 0 Å². The number of carbonyl (C=O) groups excluding carboxylic acids is 3. The Morgan fingerprint density at radius 3 is 2.39 bits per heavy atom. The predicted molar refractivity (Wildman–Crippen MR) is 196 cm³/mol. The summed E-state index contributed by atoms with van der Waals surface area (Å²) in [7, 11) is 0. The zero-order valence-corrected chi connectivity index (χ0v) is 31.7. The molecule has 0 spiro atoms. The van der Waals surface area contributed by atoms with Gasteiger partial charge in [-0.15, -0.1) is 0 Å². The van der Waals surface area contributed by atoms with E-state index in [4.69, 9.17) is 42.1 Å². The Morgan fingerprint density at radius 2 is 1.71 bits per heavy atom. The molecule has 272 valence electrons. The number of hydrogen-bond donors (Lipinski definition) is 0. The molecule has 3 aliphatic rings. The Balaban J connectivity index is 1.20. The number of halogens is 2. The lowest BCUT2D eigenvalue weighted by Crippen LogP contribution is -2.52. The highest BCUT2D eigenvalue weighted by Crippen LogP contribution is 2.40. The second-order valence-corrected chi connectivity index (χ2v) is 16.4. The fourth-order valence-corrected chi connectivity index (χ4v) is 7.70. The maximum atomic E-state index is 14.0. The molecule has 0 radical (unpaired) electrons. The van der Waals surface area contributed by atoms with Crippen molar-refractivity contribution in [3.8, 4) is 11.5 Å². The number of rotatable bonds is 7. The smallest absolute Gasteiger partial charge is 0.411 e. The lowest BCUT2D eigenvalue weighted by Gasteiger charge is -2.40. The Bertz CT molecular complexity index is 1780. The van der Waals surface area contributed by atoms with E-state index in [0.717, 1.165) is 41.5 Å². The third-order valence-corrected chi connectivity index (χ3v) is 10.9. The summed E-state index contributed by atoms with van der Waals surface area (Å²) in [6.45, 7) is 12.4. The minimum atomic E-state index is -0.846. The van der Waals surface area contributed by atoms with Gasteiger partial charge in [0.15, 0.2) is 11.9 Å². The lowest BCUT2D eigenvalue weighted by atomic mass is 9.75. The molecule has 6 rings (SSSR count). The third kappa shape index (κ3) is 8.66. The monoisotopic (exact) mass is 735 g/mol. The van der Waals surface area contributed by atoms with Gasteiger partial charge in [0.1, 0.15) is 35.9 Å². The van der Waals surface area contributed by atoms with Gasteiger partial charge in [0.2, 0.25) is 0 Å². The first-order valence-corrected chi connectivity index (χ1v) is 18.6. The Labute approximate surface area is 310 Å². The van der Waals surface area contributed by atoms with Crippen molar-refractivity contribution in [3.05, 3.63) is 92.5 Å². The van der Waals surface area contributed by atoms with Crippen LogP contribution < -0.4 is 9.47 Å². The van der Waals surface area contributed by atoms with Gasteiger partial charge < -0.3 is 18.9 Å². The van der Waals surface area contributed by atoms with Crippen LogP contribution in [0.5, 0.6) is 11.5 Å². The molecule has 8 nitrogen and oxygen atoms in total. The maximum absolute atomic E-state index is 14.0. The van der Waals surface area contributed by atoms with E-state index in [1.165, 1.54) is 4.90 Å². The minimum Gasteiger partial charge on any atom is -0.489 e. The molecule has 51 heavy (non-hydrogen) atoms. The van der Waals surface area contributed by atoms with Crippen molar-refractivity contribution in [3.63, 3.8) is 0 Å². The van der Waals surface area contributed by atoms with E-state index in [1.807, 2.05) is 51.1 Å². The summed E-state index contributed by atoms with van der Waals surface area (Å²) in [6.07, 6.45) is 1.83. The molecule has 2 heterocycles. The van der Waals surface area contributed by atoms with Crippen molar-refractivity contribution in [2.24, 2.45) is 17.8 Å². The van der Waals surface area contributed by atoms with E-state index < -0.39 is 29.8 Å². The topological polar surface area (TPSA) is 91.4 Å². The van der Waals surface area contributed by atoms with Gasteiger partial charge in [-0.3, -0.25) is 9.69 Å². The average Bonchev–Trinajstić information content (AvgIpc) is 3.06. The SMILES string of the molecule is CC(C)[C@@H]1CC[C@@H](C)C[C@H]1OC(=O)[C@@H]1Cc2cc3c(cc2CN1C(=O)OC(C)(C)C)O[C@H](c1ccc(OCc2ccc(Cl)c(Cl)c2)cc1)C(=O)C3. The predicted octanol–water partition coefficient (Wildman–Crippen LogP) is 9.48. The highest BCUT2D eigenvalue weighted by molar-refractivity contribution is 6.42. The number of amides is 1. The Kier molecular flexibility index (Phi) is 10.9. The number of benzene rings is 3. The molecule has 1 aliphatic carbocycles. The third-order valence-electron chi connectivity index (χ3n) is 10.1. The van der Waals surface area contributed by atoms with Crippen LogP contribution in [0.1, 0.15) is 94.7 Å². The summed E-state index contributed by atoms with van der Waals surface area (Å²) in [6, 6.07) is 15.6. The van der Waals surface area contributed by atoms with Crippen molar-refractivity contribution >= 4 is 41.0 Å². The number of hydrogen-bond acceptors (Lipinski definition) is 7. The summed E-state index contributed by atoms with van der Waals surface area (Å²) in [5, 5.41) is 0.948. The molecule has 1 amide bonds. The average molecular weight is 737 g/mol. The standard InChI is InChI=1S/C41H47Cl2NO7/c1-23(2)31-13-7-24(3)15-37(31)50-39(46)34-18-27-17-28-19-35(45)38(49-36(28)20-29(27)21-44(34)40(47)51-41(4,5)6)26-9-11-30(12-10-26)48-22-25-8-14-32(42)33(43)16-25/h8-12,14,16-17,20,23-24,31,34,37-38H,7,13,15,18-19,21-22H2,1-6H3/t24-,31+,34+,37-,38-/m1/s1. The first kappa shape index (κ1) is 37.0. The van der Waals surface area contributed by atoms with Gasteiger partial charge in [0, 0.05) is 24.0 Å². The van der Waals surface area contributed by atoms with Crippen LogP contribution in [0.3, 0.4) is 0 Å². The van der Waals surface area contributed by atoms with Crippen LogP contribution in [-0.2, 0) is 45.1 Å². The van der Waals surface area contributed by atoms with Crippen molar-refractivity contribution < 1.29 is 33.3 Å². The van der Waals surface area contributed by atoms with E-state index in [9.17, 15) is 14.4 Å². The fourth-order valence-electron chi connectivity index (χ4n) is 7.38. The van der Waals surface area contributed by atoms with Crippen LogP contribution in [0, 0.1) is 17.8 Å². The summed E-state index contributed by atoms with van der Waals surface area (Å²) >= 11 is 12.1. The molecule has 0 aromatic heterocycles. The molecule has 10 heteroatoms. The molecule has 0 unspecified atom stereocenters. The zero-order chi connectivity index (χ0) is 36.6. The molecule has 3 aromatic carbocycles. The normalized spacial score (nSPS) is 23.2. The van der Waals surface area contributed by atoms with Crippen molar-refractivity contribution in [2.45, 2.75) is 111 Å². The number of Topliss-reactive ketones (excluding diaryl/α,β-unsaturated/α-hetero) is 1. The van der Waals surface area contributed by atoms with Crippen molar-refractivity contribution in [2.75, 3.05) is 0 Å². The molecular weight excluding hydrogens is 689 g/mol. The van der Waals surface area contributed by atoms with Gasteiger partial charge in [-0.1, -0.05) is 74.7 Å². The quantitative estimate of drug-likeness (QED) is 0.223. The summed E-state index contributed by atoms with van der Waals surface area (Å²) < 4.78 is 24.3. The highest BCUT2D eigenvalue weighted by Gasteiger charge is 2.42. The molecule has 0 saturated heterocycles. The second-order valence-electron chi connectivity index (χ2n) is 15.6. The van der Waals surface area contributed by atoms with E-state index in [-0.39, 0.29) is 37.2 Å². The molecule has 1 saturated carbocycles. The van der Waals surface area contributed by atoms with E-state index >= 15 is 0 Å². The Morgan fingerprint density at radius 1 is 0.961 bits per heavy atom. The summed E-state index contributed by atoms with van der Waals surface area (Å²) in [5.74, 6) is 1.85.